The molecule has 1 saturated carbocycles. The van der Waals surface area contributed by atoms with E-state index in [4.69, 9.17) is 9.47 Å². The minimum atomic E-state index is -4.41. The van der Waals surface area contributed by atoms with Crippen LogP contribution in [0.3, 0.4) is 0 Å². The van der Waals surface area contributed by atoms with Crippen LogP contribution in [0, 0.1) is 5.92 Å². The van der Waals surface area contributed by atoms with E-state index in [0.717, 1.165) is 93.6 Å². The number of hydrogen-bond donors (Lipinski definition) is 0. The van der Waals surface area contributed by atoms with E-state index < -0.39 is 15.4 Å². The van der Waals surface area contributed by atoms with Crippen LogP contribution in [0.5, 0.6) is 11.5 Å². The zero-order valence-corrected chi connectivity index (χ0v) is 31.7. The molecule has 1 aromatic heterocycles. The van der Waals surface area contributed by atoms with E-state index in [-0.39, 0.29) is 35.5 Å². The Morgan fingerprint density at radius 3 is 1.82 bits per heavy atom. The van der Waals surface area contributed by atoms with Gasteiger partial charge in [-0.25, -0.2) is 8.42 Å². The van der Waals surface area contributed by atoms with Crippen molar-refractivity contribution < 1.29 is 52.0 Å². The van der Waals surface area contributed by atoms with E-state index in [0.29, 0.717) is 13.0 Å². The van der Waals surface area contributed by atoms with Gasteiger partial charge in [0.25, 0.3) is 0 Å². The molecule has 9 heteroatoms. The maximum Gasteiger partial charge on any atom is 1.00 e. The fourth-order valence-corrected chi connectivity index (χ4v) is 8.80. The summed E-state index contributed by atoms with van der Waals surface area (Å²) in [6.45, 7) is 0.466. The van der Waals surface area contributed by atoms with Gasteiger partial charge in [0, 0.05) is 45.4 Å². The Morgan fingerprint density at radius 2 is 1.26 bits per heavy atom. The van der Waals surface area contributed by atoms with Gasteiger partial charge in [-0.1, -0.05) is 61.7 Å². The van der Waals surface area contributed by atoms with Gasteiger partial charge in [0.2, 0.25) is 0 Å². The largest absolute Gasteiger partial charge is 1.00 e. The number of aryl methyl sites for hydroxylation is 1. The van der Waals surface area contributed by atoms with Crippen LogP contribution in [-0.2, 0) is 16.7 Å². The predicted molar refractivity (Wildman–Crippen MR) is 197 cm³/mol. The van der Waals surface area contributed by atoms with Gasteiger partial charge in [0.1, 0.15) is 11.5 Å². The van der Waals surface area contributed by atoms with Crippen molar-refractivity contribution in [2.45, 2.75) is 50.3 Å². The summed E-state index contributed by atoms with van der Waals surface area (Å²) in [4.78, 5) is 2.20. The Morgan fingerprint density at radius 1 is 0.720 bits per heavy atom. The van der Waals surface area contributed by atoms with Crippen LogP contribution in [0.4, 0.5) is 17.1 Å². The summed E-state index contributed by atoms with van der Waals surface area (Å²) in [5, 5.41) is 1.36. The van der Waals surface area contributed by atoms with E-state index in [1.165, 1.54) is 0 Å². The average molecular weight is 697 g/mol. The molecule has 1 unspecified atom stereocenters. The van der Waals surface area contributed by atoms with Crippen molar-refractivity contribution in [2.75, 3.05) is 19.1 Å². The molecule has 1 fully saturated rings. The molecule has 0 amide bonds. The molecule has 1 atom stereocenters. The monoisotopic (exact) mass is 696 g/mol. The molecule has 7 nitrogen and oxygen atoms in total. The summed E-state index contributed by atoms with van der Waals surface area (Å²) in [6.07, 6.45) is 5.04. The molecule has 0 saturated heterocycles. The molecule has 0 aliphatic heterocycles. The number of benzene rings is 5. The molecule has 0 bridgehead atoms. The second-order valence-corrected chi connectivity index (χ2v) is 14.5. The molecule has 0 N–H and O–H groups in total. The summed E-state index contributed by atoms with van der Waals surface area (Å²) in [5.74, 6) is 1.52. The number of methoxy groups -OCH3 is 2. The number of aromatic nitrogens is 1. The third-order valence-corrected chi connectivity index (χ3v) is 11.4. The summed E-state index contributed by atoms with van der Waals surface area (Å²) in [6, 6.07) is 39.2. The number of nitrogens with zero attached hydrogens (tertiary/aromatic N) is 2. The molecule has 1 aliphatic carbocycles. The van der Waals surface area contributed by atoms with Gasteiger partial charge in [-0.3, -0.25) is 0 Å². The van der Waals surface area contributed by atoms with Gasteiger partial charge in [-0.2, -0.15) is 0 Å². The molecule has 1 aliphatic rings. The zero-order valence-electron chi connectivity index (χ0n) is 28.9. The van der Waals surface area contributed by atoms with Crippen molar-refractivity contribution in [3.63, 3.8) is 0 Å². The minimum absolute atomic E-state index is 0. The van der Waals surface area contributed by atoms with Gasteiger partial charge < -0.3 is 23.5 Å². The standard InChI is InChI=1S/C41H42N2O5S.Na/c1-47-34-23-19-32(20-24-34)43(33-21-25-35(48-2)26-22-33)31-17-15-29(16-18-31)36-12-8-14-39-41(36)37-11-6-7-13-38(37)42(39)28-27-40(49(44,45)46)30-9-4-3-5-10-30;/h6-8,11-26,30,40H,3-5,9-10,27-28H2,1-2H3,(H,44,45,46);/q;+1/p-1. The van der Waals surface area contributed by atoms with Crippen LogP contribution in [0.25, 0.3) is 32.9 Å². The van der Waals surface area contributed by atoms with E-state index in [9.17, 15) is 13.0 Å². The van der Waals surface area contributed by atoms with Gasteiger partial charge in [0.05, 0.1) is 29.6 Å². The first-order chi connectivity index (χ1) is 23.9. The number of anilines is 3. The number of ether oxygens (including phenoxy) is 2. The molecule has 1 heterocycles. The molecule has 50 heavy (non-hydrogen) atoms. The predicted octanol–water partition coefficient (Wildman–Crippen LogP) is 6.84. The quantitative estimate of drug-likeness (QED) is 0.109. The van der Waals surface area contributed by atoms with Crippen LogP contribution in [-0.4, -0.2) is 37.0 Å². The van der Waals surface area contributed by atoms with Crippen LogP contribution in [0.1, 0.15) is 38.5 Å². The zero-order chi connectivity index (χ0) is 34.0. The number of rotatable bonds is 11. The molecule has 5 aromatic carbocycles. The van der Waals surface area contributed by atoms with E-state index in [1.807, 2.05) is 60.7 Å². The average Bonchev–Trinajstić information content (AvgIpc) is 3.46. The Bertz CT molecular complexity index is 2110. The molecule has 6 aromatic rings. The molecule has 0 radical (unpaired) electrons. The van der Waals surface area contributed by atoms with E-state index >= 15 is 0 Å². The smallest absolute Gasteiger partial charge is 0.748 e. The summed E-state index contributed by atoms with van der Waals surface area (Å²) < 4.78 is 50.5. The van der Waals surface area contributed by atoms with Crippen molar-refractivity contribution in [1.82, 2.24) is 4.57 Å². The fraction of sp³-hybridized carbons (Fsp3) is 0.268. The van der Waals surface area contributed by atoms with Gasteiger partial charge in [-0.05, 0) is 109 Å². The molecule has 7 rings (SSSR count). The Kier molecular flexibility index (Phi) is 11.3. The number of para-hydroxylation sites is 1. The van der Waals surface area contributed by atoms with Gasteiger partial charge >= 0.3 is 29.6 Å². The molecule has 252 valence electrons. The van der Waals surface area contributed by atoms with Crippen molar-refractivity contribution in [2.24, 2.45) is 5.92 Å². The van der Waals surface area contributed by atoms with Gasteiger partial charge in [-0.15, -0.1) is 0 Å². The number of hydrogen-bond acceptors (Lipinski definition) is 6. The Hall–Kier alpha value is -3.79. The minimum Gasteiger partial charge on any atom is -0.748 e. The topological polar surface area (TPSA) is 83.8 Å². The summed E-state index contributed by atoms with van der Waals surface area (Å²) in [7, 11) is -1.08. The van der Waals surface area contributed by atoms with E-state index in [2.05, 4.69) is 64.1 Å². The van der Waals surface area contributed by atoms with E-state index in [1.54, 1.807) is 14.2 Å². The summed E-state index contributed by atoms with van der Waals surface area (Å²) >= 11 is 0. The third-order valence-electron chi connectivity index (χ3n) is 10.1. The van der Waals surface area contributed by atoms with Crippen LogP contribution in [0.15, 0.2) is 115 Å². The normalized spacial score (nSPS) is 14.3. The fourth-order valence-electron chi connectivity index (χ4n) is 7.66. The SMILES string of the molecule is COc1ccc(N(c2ccc(OC)cc2)c2ccc(-c3cccc4c3c3ccccc3n4CCC(C3CCCCC3)S(=O)(=O)[O-])cc2)cc1.[Na+]. The third kappa shape index (κ3) is 7.32. The van der Waals surface area contributed by atoms with Crippen LogP contribution >= 0.6 is 0 Å². The first-order valence-electron chi connectivity index (χ1n) is 17.0. The second kappa shape index (κ2) is 15.6. The van der Waals surface area contributed by atoms with Crippen molar-refractivity contribution >= 4 is 49.0 Å². The maximum atomic E-state index is 12.5. The molecular formula is C41H41N2NaO5S. The Balaban J connectivity index is 0.00000432. The first-order valence-corrected chi connectivity index (χ1v) is 18.5. The van der Waals surface area contributed by atoms with Gasteiger partial charge in [0.15, 0.2) is 0 Å². The summed E-state index contributed by atoms with van der Waals surface area (Å²) in [5.41, 5.74) is 7.24. The van der Waals surface area contributed by atoms with Crippen molar-refractivity contribution in [3.05, 3.63) is 115 Å². The number of fused-ring (bicyclic) bond motifs is 3. The van der Waals surface area contributed by atoms with Crippen molar-refractivity contribution in [3.8, 4) is 22.6 Å². The second-order valence-electron chi connectivity index (χ2n) is 12.9. The molecule has 0 spiro atoms. The van der Waals surface area contributed by atoms with Crippen molar-refractivity contribution in [1.29, 1.82) is 0 Å². The Labute approximate surface area is 316 Å². The van der Waals surface area contributed by atoms with Crippen LogP contribution < -0.4 is 43.9 Å². The molecular weight excluding hydrogens is 656 g/mol. The van der Waals surface area contributed by atoms with Crippen LogP contribution in [0.2, 0.25) is 0 Å². The maximum absolute atomic E-state index is 12.5. The first kappa shape index (κ1) is 36.0.